The van der Waals surface area contributed by atoms with Crippen molar-refractivity contribution in [3.05, 3.63) is 0 Å². The molecule has 90 valence electrons. The smallest absolute Gasteiger partial charge is 0.132 e. The Labute approximate surface area is 93.1 Å². The van der Waals surface area contributed by atoms with Gasteiger partial charge in [-0.1, -0.05) is 13.8 Å². The van der Waals surface area contributed by atoms with Crippen molar-refractivity contribution in [2.75, 3.05) is 6.61 Å². The molecule has 1 fully saturated rings. The van der Waals surface area contributed by atoms with Crippen molar-refractivity contribution in [1.82, 2.24) is 0 Å². The van der Waals surface area contributed by atoms with Crippen LogP contribution in [0.15, 0.2) is 0 Å². The summed E-state index contributed by atoms with van der Waals surface area (Å²) in [4.78, 5) is 0. The van der Waals surface area contributed by atoms with Gasteiger partial charge >= 0.3 is 0 Å². The molecule has 0 amide bonds. The first-order chi connectivity index (χ1) is 6.97. The van der Waals surface area contributed by atoms with E-state index in [9.17, 15) is 15.3 Å². The van der Waals surface area contributed by atoms with Crippen LogP contribution in [0, 0.1) is 0 Å². The second-order valence-corrected chi connectivity index (χ2v) is 5.56. The van der Waals surface area contributed by atoms with E-state index in [1.54, 1.807) is 0 Å². The maximum Gasteiger partial charge on any atom is 0.132 e. The fourth-order valence-electron chi connectivity index (χ4n) is 1.45. The van der Waals surface area contributed by atoms with Gasteiger partial charge in [0.25, 0.3) is 0 Å². The lowest BCUT2D eigenvalue weighted by Gasteiger charge is -2.40. The first kappa shape index (κ1) is 13.2. The number of hydrogen-bond donors (Lipinski definition) is 4. The highest BCUT2D eigenvalue weighted by Crippen LogP contribution is 2.30. The molecular weight excluding hydrogens is 220 g/mol. The minimum Gasteiger partial charge on any atom is -0.394 e. The maximum absolute atomic E-state index is 9.63. The van der Waals surface area contributed by atoms with Crippen LogP contribution in [0.2, 0.25) is 0 Å². The van der Waals surface area contributed by atoms with Gasteiger partial charge in [-0.05, 0) is 0 Å². The largest absolute Gasteiger partial charge is 0.394 e. The van der Waals surface area contributed by atoms with Crippen molar-refractivity contribution < 1.29 is 25.2 Å². The number of thioether (sulfide) groups is 1. The summed E-state index contributed by atoms with van der Waals surface area (Å²) in [6.45, 7) is 3.50. The molecule has 4 N–H and O–H groups in total. The Balaban J connectivity index is 2.65. The molecule has 1 aliphatic heterocycles. The molecule has 15 heavy (non-hydrogen) atoms. The van der Waals surface area contributed by atoms with E-state index in [0.29, 0.717) is 0 Å². The minimum atomic E-state index is -1.27. The molecule has 0 spiro atoms. The highest BCUT2D eigenvalue weighted by molar-refractivity contribution is 8.00. The Hall–Kier alpha value is 0.150. The molecule has 0 bridgehead atoms. The average Bonchev–Trinajstić information content (AvgIpc) is 2.18. The van der Waals surface area contributed by atoms with Crippen molar-refractivity contribution >= 4 is 11.8 Å². The topological polar surface area (TPSA) is 90.2 Å². The second-order valence-electron chi connectivity index (χ2n) is 3.88. The Morgan fingerprint density at radius 2 is 1.73 bits per heavy atom. The van der Waals surface area contributed by atoms with Gasteiger partial charge < -0.3 is 25.2 Å². The molecule has 6 heteroatoms. The summed E-state index contributed by atoms with van der Waals surface area (Å²) in [6.07, 6.45) is -4.48. The third-order valence-corrected chi connectivity index (χ3v) is 3.46. The number of ether oxygens (including phenoxy) is 1. The standard InChI is InChI=1S/C9H18O5S/c1-4(2)15-9-8(13)7(12)6(11)5(3-10)14-9/h4-13H,3H2,1-2H3/t5-,6+,7+,8+,9-/m0/s1. The zero-order chi connectivity index (χ0) is 11.6. The van der Waals surface area contributed by atoms with E-state index >= 15 is 0 Å². The lowest BCUT2D eigenvalue weighted by atomic mass is 10.0. The Kier molecular flexibility index (Phi) is 4.82. The molecule has 5 atom stereocenters. The lowest BCUT2D eigenvalue weighted by Crippen LogP contribution is -2.57. The predicted octanol–water partition coefficient (Wildman–Crippen LogP) is -1.07. The van der Waals surface area contributed by atoms with Gasteiger partial charge in [0.2, 0.25) is 0 Å². The fourth-order valence-corrected chi connectivity index (χ4v) is 2.51. The number of aliphatic hydroxyl groups is 4. The first-order valence-corrected chi connectivity index (χ1v) is 5.87. The van der Waals surface area contributed by atoms with Gasteiger partial charge in [0.1, 0.15) is 29.9 Å². The molecule has 1 rings (SSSR count). The van der Waals surface area contributed by atoms with Crippen LogP contribution in [0.5, 0.6) is 0 Å². The van der Waals surface area contributed by atoms with Gasteiger partial charge in [0.15, 0.2) is 0 Å². The number of aliphatic hydroxyl groups excluding tert-OH is 4. The Bertz CT molecular complexity index is 199. The summed E-state index contributed by atoms with van der Waals surface area (Å²) in [7, 11) is 0. The zero-order valence-corrected chi connectivity index (χ0v) is 9.59. The van der Waals surface area contributed by atoms with E-state index in [0.717, 1.165) is 0 Å². The quantitative estimate of drug-likeness (QED) is 0.500. The summed E-state index contributed by atoms with van der Waals surface area (Å²) < 4.78 is 5.29. The molecule has 1 saturated heterocycles. The van der Waals surface area contributed by atoms with Gasteiger partial charge in [0.05, 0.1) is 6.61 Å². The van der Waals surface area contributed by atoms with Gasteiger partial charge in [0, 0.05) is 5.25 Å². The van der Waals surface area contributed by atoms with Gasteiger partial charge in [-0.3, -0.25) is 0 Å². The van der Waals surface area contributed by atoms with Crippen LogP contribution in [0.1, 0.15) is 13.8 Å². The van der Waals surface area contributed by atoms with Crippen LogP contribution in [-0.2, 0) is 4.74 Å². The predicted molar refractivity (Wildman–Crippen MR) is 56.5 cm³/mol. The van der Waals surface area contributed by atoms with E-state index < -0.39 is 29.9 Å². The van der Waals surface area contributed by atoms with Gasteiger partial charge in [-0.15, -0.1) is 11.8 Å². The Morgan fingerprint density at radius 1 is 1.13 bits per heavy atom. The van der Waals surface area contributed by atoms with Crippen molar-refractivity contribution in [2.24, 2.45) is 0 Å². The van der Waals surface area contributed by atoms with Crippen LogP contribution < -0.4 is 0 Å². The normalized spacial score (nSPS) is 42.2. The highest BCUT2D eigenvalue weighted by atomic mass is 32.2. The molecule has 0 unspecified atom stereocenters. The highest BCUT2D eigenvalue weighted by Gasteiger charge is 2.43. The van der Waals surface area contributed by atoms with E-state index in [-0.39, 0.29) is 11.9 Å². The molecule has 0 aliphatic carbocycles. The maximum atomic E-state index is 9.63. The summed E-state index contributed by atoms with van der Waals surface area (Å²) in [5.74, 6) is 0. The summed E-state index contributed by atoms with van der Waals surface area (Å²) in [5, 5.41) is 37.8. The molecule has 0 aromatic rings. The molecule has 0 radical (unpaired) electrons. The third kappa shape index (κ3) is 3.05. The van der Waals surface area contributed by atoms with Crippen LogP contribution in [0.4, 0.5) is 0 Å². The van der Waals surface area contributed by atoms with Crippen molar-refractivity contribution in [3.8, 4) is 0 Å². The average molecular weight is 238 g/mol. The van der Waals surface area contributed by atoms with Crippen molar-refractivity contribution in [1.29, 1.82) is 0 Å². The van der Waals surface area contributed by atoms with E-state index in [2.05, 4.69) is 0 Å². The zero-order valence-electron chi connectivity index (χ0n) is 8.78. The summed E-state index contributed by atoms with van der Waals surface area (Å²) in [6, 6.07) is 0. The van der Waals surface area contributed by atoms with Crippen LogP contribution >= 0.6 is 11.8 Å². The molecule has 5 nitrogen and oxygen atoms in total. The first-order valence-electron chi connectivity index (χ1n) is 4.93. The van der Waals surface area contributed by atoms with Crippen LogP contribution in [0.3, 0.4) is 0 Å². The van der Waals surface area contributed by atoms with Gasteiger partial charge in [-0.25, -0.2) is 0 Å². The summed E-state index contributed by atoms with van der Waals surface area (Å²) >= 11 is 1.35. The van der Waals surface area contributed by atoms with Crippen LogP contribution in [0.25, 0.3) is 0 Å². The van der Waals surface area contributed by atoms with E-state index in [4.69, 9.17) is 9.84 Å². The molecule has 1 aliphatic rings. The summed E-state index contributed by atoms with van der Waals surface area (Å²) in [5.41, 5.74) is -0.611. The third-order valence-electron chi connectivity index (χ3n) is 2.25. The lowest BCUT2D eigenvalue weighted by molar-refractivity contribution is -0.205. The second kappa shape index (κ2) is 5.47. The Morgan fingerprint density at radius 3 is 2.20 bits per heavy atom. The van der Waals surface area contributed by atoms with Crippen molar-refractivity contribution in [3.63, 3.8) is 0 Å². The fraction of sp³-hybridized carbons (Fsp3) is 1.00. The number of rotatable bonds is 3. The monoisotopic (exact) mass is 238 g/mol. The van der Waals surface area contributed by atoms with Crippen LogP contribution in [-0.4, -0.2) is 62.1 Å². The molecular formula is C9H18O5S. The van der Waals surface area contributed by atoms with E-state index in [1.807, 2.05) is 13.8 Å². The molecule has 0 aromatic heterocycles. The van der Waals surface area contributed by atoms with Gasteiger partial charge in [-0.2, -0.15) is 0 Å². The number of hydrogen-bond acceptors (Lipinski definition) is 6. The van der Waals surface area contributed by atoms with Crippen molar-refractivity contribution in [2.45, 2.75) is 48.9 Å². The van der Waals surface area contributed by atoms with E-state index in [1.165, 1.54) is 11.8 Å². The minimum absolute atomic E-state index is 0.228. The molecule has 0 aromatic carbocycles. The molecule has 1 heterocycles. The SMILES string of the molecule is CC(C)S[C@@H]1O[C@@H](CO)[C@@H](O)[C@@H](O)[C@H]1O. The molecule has 0 saturated carbocycles.